The molecule has 0 unspecified atom stereocenters. The van der Waals surface area contributed by atoms with Gasteiger partial charge in [0.05, 0.1) is 4.92 Å². The monoisotopic (exact) mass is 212 g/mol. The van der Waals surface area contributed by atoms with Crippen molar-refractivity contribution in [3.05, 3.63) is 39.7 Å². The molecule has 1 aromatic rings. The van der Waals surface area contributed by atoms with Gasteiger partial charge in [-0.3, -0.25) is 10.1 Å². The molecule has 0 aromatic heterocycles. The van der Waals surface area contributed by atoms with Crippen LogP contribution in [-0.4, -0.2) is 4.92 Å². The predicted molar refractivity (Wildman–Crippen MR) is 54.9 cm³/mol. The van der Waals surface area contributed by atoms with Gasteiger partial charge in [0.25, 0.3) is 0 Å². The number of hydrogen-bond acceptors (Lipinski definition) is 3. The van der Waals surface area contributed by atoms with E-state index in [4.69, 9.17) is 5.73 Å². The van der Waals surface area contributed by atoms with Gasteiger partial charge in [0.2, 0.25) is 5.82 Å². The van der Waals surface area contributed by atoms with Gasteiger partial charge in [0, 0.05) is 12.1 Å². The summed E-state index contributed by atoms with van der Waals surface area (Å²) in [6.45, 7) is 1.97. The number of rotatable bonds is 4. The van der Waals surface area contributed by atoms with E-state index in [0.717, 1.165) is 18.9 Å². The SMILES string of the molecule is CCC[C@@H](N)c1ccc(F)c([N+](=O)[O-])c1. The fourth-order valence-electron chi connectivity index (χ4n) is 1.38. The summed E-state index contributed by atoms with van der Waals surface area (Å²) in [5.74, 6) is -0.826. The van der Waals surface area contributed by atoms with Crippen molar-refractivity contribution >= 4 is 5.69 Å². The number of nitro groups is 1. The van der Waals surface area contributed by atoms with E-state index < -0.39 is 16.4 Å². The maximum Gasteiger partial charge on any atom is 0.305 e. The molecule has 1 aromatic carbocycles. The molecule has 82 valence electrons. The summed E-state index contributed by atoms with van der Waals surface area (Å²) in [6.07, 6.45) is 1.61. The molecule has 0 aliphatic carbocycles. The third-order valence-electron chi connectivity index (χ3n) is 2.19. The standard InChI is InChI=1S/C10H13FN2O2/c1-2-3-9(12)7-4-5-8(11)10(6-7)13(14)15/h4-6,9H,2-3,12H2,1H3/t9-/m1/s1. The van der Waals surface area contributed by atoms with Crippen molar-refractivity contribution in [3.8, 4) is 0 Å². The van der Waals surface area contributed by atoms with Gasteiger partial charge in [0.1, 0.15) is 0 Å². The first-order valence-electron chi connectivity index (χ1n) is 4.75. The van der Waals surface area contributed by atoms with E-state index in [1.807, 2.05) is 6.92 Å². The average Bonchev–Trinajstić information content (AvgIpc) is 2.18. The van der Waals surface area contributed by atoms with Crippen LogP contribution in [0.3, 0.4) is 0 Å². The summed E-state index contributed by atoms with van der Waals surface area (Å²) in [5.41, 5.74) is 5.87. The maximum atomic E-state index is 13.0. The molecule has 0 fully saturated rings. The predicted octanol–water partition coefficient (Wildman–Crippen LogP) is 2.53. The Morgan fingerprint density at radius 1 is 1.60 bits per heavy atom. The summed E-state index contributed by atoms with van der Waals surface area (Å²) < 4.78 is 13.0. The van der Waals surface area contributed by atoms with Crippen molar-refractivity contribution in [3.63, 3.8) is 0 Å². The molecular formula is C10H13FN2O2. The van der Waals surface area contributed by atoms with Crippen molar-refractivity contribution in [1.29, 1.82) is 0 Å². The molecule has 2 N–H and O–H groups in total. The summed E-state index contributed by atoms with van der Waals surface area (Å²) >= 11 is 0. The van der Waals surface area contributed by atoms with Crippen LogP contribution in [0.1, 0.15) is 31.4 Å². The second-order valence-electron chi connectivity index (χ2n) is 3.36. The maximum absolute atomic E-state index is 13.0. The van der Waals surface area contributed by atoms with Crippen LogP contribution in [0, 0.1) is 15.9 Å². The highest BCUT2D eigenvalue weighted by Crippen LogP contribution is 2.23. The van der Waals surface area contributed by atoms with Gasteiger partial charge in [-0.05, 0) is 18.1 Å². The van der Waals surface area contributed by atoms with Crippen LogP contribution >= 0.6 is 0 Å². The van der Waals surface area contributed by atoms with Crippen LogP contribution in [-0.2, 0) is 0 Å². The topological polar surface area (TPSA) is 69.2 Å². The molecule has 4 nitrogen and oxygen atoms in total. The largest absolute Gasteiger partial charge is 0.324 e. The molecule has 0 aliphatic rings. The second-order valence-corrected chi connectivity index (χ2v) is 3.36. The van der Waals surface area contributed by atoms with Crippen molar-refractivity contribution in [1.82, 2.24) is 0 Å². The molecule has 5 heteroatoms. The van der Waals surface area contributed by atoms with E-state index in [1.165, 1.54) is 12.1 Å². The van der Waals surface area contributed by atoms with Gasteiger partial charge >= 0.3 is 5.69 Å². The zero-order valence-electron chi connectivity index (χ0n) is 8.44. The molecule has 1 atom stereocenters. The van der Waals surface area contributed by atoms with E-state index in [0.29, 0.717) is 5.56 Å². The van der Waals surface area contributed by atoms with Gasteiger partial charge in [-0.25, -0.2) is 0 Å². The molecule has 15 heavy (non-hydrogen) atoms. The van der Waals surface area contributed by atoms with Gasteiger partial charge in [0.15, 0.2) is 0 Å². The Kier molecular flexibility index (Phi) is 3.74. The van der Waals surface area contributed by atoms with Crippen LogP contribution in [0.4, 0.5) is 10.1 Å². The summed E-state index contributed by atoms with van der Waals surface area (Å²) in [4.78, 5) is 9.74. The Labute approximate surface area is 87.0 Å². The molecule has 0 spiro atoms. The number of nitrogens with two attached hydrogens (primary N) is 1. The van der Waals surface area contributed by atoms with Gasteiger partial charge in [-0.15, -0.1) is 0 Å². The lowest BCUT2D eigenvalue weighted by atomic mass is 10.0. The molecule has 1 rings (SSSR count). The minimum Gasteiger partial charge on any atom is -0.324 e. The Morgan fingerprint density at radius 2 is 2.27 bits per heavy atom. The lowest BCUT2D eigenvalue weighted by Gasteiger charge is -2.10. The van der Waals surface area contributed by atoms with Crippen LogP contribution < -0.4 is 5.73 Å². The molecular weight excluding hydrogens is 199 g/mol. The van der Waals surface area contributed by atoms with Crippen molar-refractivity contribution < 1.29 is 9.31 Å². The minimum absolute atomic E-state index is 0.269. The highest BCUT2D eigenvalue weighted by atomic mass is 19.1. The molecule has 0 heterocycles. The van der Waals surface area contributed by atoms with Crippen LogP contribution in [0.2, 0.25) is 0 Å². The first-order valence-corrected chi connectivity index (χ1v) is 4.75. The van der Waals surface area contributed by atoms with Gasteiger partial charge in [-0.2, -0.15) is 4.39 Å². The number of nitro benzene ring substituents is 1. The first kappa shape index (κ1) is 11.6. The summed E-state index contributed by atoms with van der Waals surface area (Å²) in [7, 11) is 0. The van der Waals surface area contributed by atoms with Crippen molar-refractivity contribution in [2.75, 3.05) is 0 Å². The fourth-order valence-corrected chi connectivity index (χ4v) is 1.38. The molecule has 0 amide bonds. The van der Waals surface area contributed by atoms with E-state index in [1.54, 1.807) is 0 Å². The summed E-state index contributed by atoms with van der Waals surface area (Å²) in [6, 6.07) is 3.51. The molecule has 0 bridgehead atoms. The molecule has 0 saturated carbocycles. The van der Waals surface area contributed by atoms with Crippen molar-refractivity contribution in [2.45, 2.75) is 25.8 Å². The smallest absolute Gasteiger partial charge is 0.305 e. The quantitative estimate of drug-likeness (QED) is 0.615. The van der Waals surface area contributed by atoms with Gasteiger partial charge in [-0.1, -0.05) is 19.4 Å². The molecule has 0 aliphatic heterocycles. The van der Waals surface area contributed by atoms with Gasteiger partial charge < -0.3 is 5.73 Å². The van der Waals surface area contributed by atoms with E-state index in [9.17, 15) is 14.5 Å². The highest BCUT2D eigenvalue weighted by Gasteiger charge is 2.16. The Bertz CT molecular complexity index is 368. The Morgan fingerprint density at radius 3 is 2.80 bits per heavy atom. The molecule has 0 radical (unpaired) electrons. The Balaban J connectivity index is 3.02. The Hall–Kier alpha value is -1.49. The normalized spacial score (nSPS) is 12.5. The number of halogens is 1. The van der Waals surface area contributed by atoms with Crippen LogP contribution in [0.5, 0.6) is 0 Å². The third kappa shape index (κ3) is 2.73. The van der Waals surface area contributed by atoms with E-state index in [-0.39, 0.29) is 6.04 Å². The van der Waals surface area contributed by atoms with Crippen molar-refractivity contribution in [2.24, 2.45) is 5.73 Å². The minimum atomic E-state index is -0.826. The zero-order valence-corrected chi connectivity index (χ0v) is 8.44. The molecule has 0 saturated heterocycles. The van der Waals surface area contributed by atoms with Crippen LogP contribution in [0.25, 0.3) is 0 Å². The first-order chi connectivity index (χ1) is 7.06. The average molecular weight is 212 g/mol. The number of benzene rings is 1. The number of nitrogens with zero attached hydrogens (tertiary/aromatic N) is 1. The summed E-state index contributed by atoms with van der Waals surface area (Å²) in [5, 5.41) is 10.5. The number of hydrogen-bond donors (Lipinski definition) is 1. The van der Waals surface area contributed by atoms with E-state index in [2.05, 4.69) is 0 Å². The van der Waals surface area contributed by atoms with E-state index >= 15 is 0 Å². The third-order valence-corrected chi connectivity index (χ3v) is 2.19. The lowest BCUT2D eigenvalue weighted by molar-refractivity contribution is -0.387. The zero-order chi connectivity index (χ0) is 11.4. The van der Waals surface area contributed by atoms with Crippen LogP contribution in [0.15, 0.2) is 18.2 Å². The highest BCUT2D eigenvalue weighted by molar-refractivity contribution is 5.37. The fraction of sp³-hybridized carbons (Fsp3) is 0.400. The second kappa shape index (κ2) is 4.84. The lowest BCUT2D eigenvalue weighted by Crippen LogP contribution is -2.10.